The fraction of sp³-hybridized carbons (Fsp3) is 0.406. The molecule has 1 N–H and O–H groups in total. The van der Waals surface area contributed by atoms with Crippen molar-refractivity contribution < 1.29 is 41.7 Å². The molecule has 2 fully saturated rings. The first kappa shape index (κ1) is 30.3. The first-order valence-electron chi connectivity index (χ1n) is 14.4. The summed E-state index contributed by atoms with van der Waals surface area (Å²) in [6.07, 6.45) is -3.37. The van der Waals surface area contributed by atoms with E-state index in [4.69, 9.17) is 14.2 Å². The second-order valence-electron chi connectivity index (χ2n) is 10.7. The predicted molar refractivity (Wildman–Crippen MR) is 154 cm³/mol. The number of carbonyl (C=O) groups is 1. The van der Waals surface area contributed by atoms with E-state index in [0.717, 1.165) is 17.8 Å². The summed E-state index contributed by atoms with van der Waals surface area (Å²) in [4.78, 5) is 15.5. The van der Waals surface area contributed by atoms with Gasteiger partial charge in [-0.2, -0.15) is 13.2 Å². The summed E-state index contributed by atoms with van der Waals surface area (Å²) in [6.45, 7) is 3.98. The van der Waals surface area contributed by atoms with Gasteiger partial charge in [-0.15, -0.1) is 0 Å². The standard InChI is InChI=1S/C32H34F4N2O5/c1-2-41-26-10-11-29(33)30(19-26)37-14-12-25(13-15-37)42-24-8-6-22(7-9-24)38-20-28(17-23(38)18-31(39)40)43-27-5-3-4-21(16-27)32(34,35)36/h3-11,16,19,23,25,28H,2,12-15,17-18,20H2,1H3,(H,39,40)/t23-,28-/m1/s1. The number of halogens is 4. The molecule has 230 valence electrons. The van der Waals surface area contributed by atoms with Gasteiger partial charge in [-0.3, -0.25) is 4.79 Å². The number of hydrogen-bond acceptors (Lipinski definition) is 6. The summed E-state index contributed by atoms with van der Waals surface area (Å²) in [5.41, 5.74) is 0.491. The summed E-state index contributed by atoms with van der Waals surface area (Å²) >= 11 is 0. The monoisotopic (exact) mass is 602 g/mol. The van der Waals surface area contributed by atoms with Crippen molar-refractivity contribution in [3.8, 4) is 17.2 Å². The van der Waals surface area contributed by atoms with E-state index in [1.165, 1.54) is 18.2 Å². The van der Waals surface area contributed by atoms with Crippen LogP contribution in [0.15, 0.2) is 66.7 Å². The summed E-state index contributed by atoms with van der Waals surface area (Å²) in [5, 5.41) is 9.47. The molecule has 3 aromatic rings. The van der Waals surface area contributed by atoms with Gasteiger partial charge in [-0.05, 0) is 61.5 Å². The zero-order valence-corrected chi connectivity index (χ0v) is 23.7. The van der Waals surface area contributed by atoms with Crippen molar-refractivity contribution in [1.29, 1.82) is 0 Å². The molecule has 0 spiro atoms. The fourth-order valence-corrected chi connectivity index (χ4v) is 5.72. The Morgan fingerprint density at radius 2 is 1.63 bits per heavy atom. The van der Waals surface area contributed by atoms with E-state index >= 15 is 0 Å². The van der Waals surface area contributed by atoms with Gasteiger partial charge >= 0.3 is 12.1 Å². The summed E-state index contributed by atoms with van der Waals surface area (Å²) in [5.74, 6) is 0.136. The Morgan fingerprint density at radius 3 is 2.30 bits per heavy atom. The predicted octanol–water partition coefficient (Wildman–Crippen LogP) is 6.79. The molecule has 5 rings (SSSR count). The van der Waals surface area contributed by atoms with Crippen LogP contribution in [0.2, 0.25) is 0 Å². The molecule has 2 aliphatic heterocycles. The average molecular weight is 603 g/mol. The van der Waals surface area contributed by atoms with Crippen LogP contribution >= 0.6 is 0 Å². The second kappa shape index (κ2) is 13.0. The smallest absolute Gasteiger partial charge is 0.416 e. The van der Waals surface area contributed by atoms with Crippen LogP contribution in [-0.2, 0) is 11.0 Å². The number of ether oxygens (including phenoxy) is 3. The zero-order chi connectivity index (χ0) is 30.6. The highest BCUT2D eigenvalue weighted by molar-refractivity contribution is 5.69. The van der Waals surface area contributed by atoms with Crippen molar-refractivity contribution in [3.05, 3.63) is 78.1 Å². The normalized spacial score (nSPS) is 19.4. The third-order valence-corrected chi connectivity index (χ3v) is 7.73. The molecule has 0 aromatic heterocycles. The number of rotatable bonds is 10. The molecular weight excluding hydrogens is 568 g/mol. The molecule has 0 amide bonds. The lowest BCUT2D eigenvalue weighted by atomic mass is 10.1. The molecule has 0 bridgehead atoms. The van der Waals surface area contributed by atoms with Crippen LogP contribution < -0.4 is 24.0 Å². The van der Waals surface area contributed by atoms with Gasteiger partial charge in [0.2, 0.25) is 0 Å². The zero-order valence-electron chi connectivity index (χ0n) is 23.7. The Kier molecular flexibility index (Phi) is 9.17. The van der Waals surface area contributed by atoms with Crippen LogP contribution in [0.4, 0.5) is 28.9 Å². The summed E-state index contributed by atoms with van der Waals surface area (Å²) in [6, 6.07) is 16.4. The number of anilines is 2. The van der Waals surface area contributed by atoms with Crippen LogP contribution in [0.5, 0.6) is 17.2 Å². The van der Waals surface area contributed by atoms with Gasteiger partial charge in [0.05, 0.1) is 30.8 Å². The Morgan fingerprint density at radius 1 is 0.930 bits per heavy atom. The lowest BCUT2D eigenvalue weighted by Crippen LogP contribution is -2.38. The molecule has 7 nitrogen and oxygen atoms in total. The maximum atomic E-state index is 14.5. The molecule has 0 saturated carbocycles. The molecule has 0 aliphatic carbocycles. The van der Waals surface area contributed by atoms with E-state index in [0.29, 0.717) is 62.7 Å². The maximum absolute atomic E-state index is 14.5. The van der Waals surface area contributed by atoms with Crippen molar-refractivity contribution in [2.24, 2.45) is 0 Å². The Balaban J connectivity index is 1.19. The Labute approximate surface area is 247 Å². The van der Waals surface area contributed by atoms with E-state index < -0.39 is 23.8 Å². The van der Waals surface area contributed by atoms with Crippen LogP contribution in [0, 0.1) is 5.82 Å². The Hall–Kier alpha value is -4.15. The van der Waals surface area contributed by atoms with Gasteiger partial charge in [0.1, 0.15) is 35.3 Å². The molecule has 3 aromatic carbocycles. The summed E-state index contributed by atoms with van der Waals surface area (Å²) in [7, 11) is 0. The highest BCUT2D eigenvalue weighted by Crippen LogP contribution is 2.35. The Bertz CT molecular complexity index is 1390. The van der Waals surface area contributed by atoms with Crippen LogP contribution in [-0.4, -0.2) is 55.6 Å². The van der Waals surface area contributed by atoms with E-state index in [1.807, 2.05) is 41.0 Å². The minimum absolute atomic E-state index is 0.0444. The van der Waals surface area contributed by atoms with E-state index in [1.54, 1.807) is 12.1 Å². The van der Waals surface area contributed by atoms with E-state index in [9.17, 15) is 27.5 Å². The average Bonchev–Trinajstić information content (AvgIpc) is 3.36. The van der Waals surface area contributed by atoms with E-state index in [-0.39, 0.29) is 30.1 Å². The largest absolute Gasteiger partial charge is 0.494 e. The van der Waals surface area contributed by atoms with E-state index in [2.05, 4.69) is 0 Å². The number of alkyl halides is 3. The first-order valence-corrected chi connectivity index (χ1v) is 14.4. The van der Waals surface area contributed by atoms with Crippen LogP contribution in [0.25, 0.3) is 0 Å². The minimum Gasteiger partial charge on any atom is -0.494 e. The molecule has 2 saturated heterocycles. The highest BCUT2D eigenvalue weighted by Gasteiger charge is 2.36. The van der Waals surface area contributed by atoms with Crippen LogP contribution in [0.1, 0.15) is 38.2 Å². The number of nitrogens with zero attached hydrogens (tertiary/aromatic N) is 2. The lowest BCUT2D eigenvalue weighted by Gasteiger charge is -2.34. The van der Waals surface area contributed by atoms with Crippen molar-refractivity contribution in [2.45, 2.75) is 57.0 Å². The van der Waals surface area contributed by atoms with Crippen molar-refractivity contribution in [2.75, 3.05) is 36.0 Å². The number of carboxylic acids is 1. The topological polar surface area (TPSA) is 71.5 Å². The van der Waals surface area contributed by atoms with Crippen molar-refractivity contribution in [3.63, 3.8) is 0 Å². The first-order chi connectivity index (χ1) is 20.6. The number of benzene rings is 3. The second-order valence-corrected chi connectivity index (χ2v) is 10.7. The number of carboxylic acid groups (broad SMARTS) is 1. The van der Waals surface area contributed by atoms with Crippen molar-refractivity contribution in [1.82, 2.24) is 0 Å². The number of piperidine rings is 1. The van der Waals surface area contributed by atoms with Gasteiger partial charge < -0.3 is 29.1 Å². The van der Waals surface area contributed by atoms with Gasteiger partial charge in [0.25, 0.3) is 0 Å². The lowest BCUT2D eigenvalue weighted by molar-refractivity contribution is -0.138. The quantitative estimate of drug-likeness (QED) is 0.256. The van der Waals surface area contributed by atoms with Gasteiger partial charge in [-0.25, -0.2) is 4.39 Å². The molecule has 0 radical (unpaired) electrons. The SMILES string of the molecule is CCOc1ccc(F)c(N2CCC(Oc3ccc(N4C[C@H](Oc5cccc(C(F)(F)F)c5)C[C@@H]4CC(=O)O)cc3)CC2)c1. The van der Waals surface area contributed by atoms with Crippen LogP contribution in [0.3, 0.4) is 0 Å². The number of hydrogen-bond donors (Lipinski definition) is 1. The fourth-order valence-electron chi connectivity index (χ4n) is 5.72. The van der Waals surface area contributed by atoms with Gasteiger partial charge in [0, 0.05) is 50.1 Å². The third kappa shape index (κ3) is 7.63. The highest BCUT2D eigenvalue weighted by atomic mass is 19.4. The molecule has 2 heterocycles. The molecule has 43 heavy (non-hydrogen) atoms. The van der Waals surface area contributed by atoms with Gasteiger partial charge in [-0.1, -0.05) is 6.07 Å². The minimum atomic E-state index is -4.48. The van der Waals surface area contributed by atoms with Crippen molar-refractivity contribution >= 4 is 17.3 Å². The molecule has 0 unspecified atom stereocenters. The number of aliphatic carboxylic acids is 1. The molecule has 2 atom stereocenters. The molecule has 11 heteroatoms. The maximum Gasteiger partial charge on any atom is 0.416 e. The summed E-state index contributed by atoms with van der Waals surface area (Å²) < 4.78 is 71.5. The molecule has 2 aliphatic rings. The van der Waals surface area contributed by atoms with Gasteiger partial charge in [0.15, 0.2) is 0 Å². The molecular formula is C32H34F4N2O5. The third-order valence-electron chi connectivity index (χ3n) is 7.73.